The van der Waals surface area contributed by atoms with E-state index < -0.39 is 42.9 Å². The van der Waals surface area contributed by atoms with Gasteiger partial charge in [0.1, 0.15) is 6.10 Å². The third-order valence-electron chi connectivity index (χ3n) is 5.80. The lowest BCUT2D eigenvalue weighted by Gasteiger charge is -2.43. The van der Waals surface area contributed by atoms with E-state index in [1.807, 2.05) is 18.2 Å². The van der Waals surface area contributed by atoms with Gasteiger partial charge in [0.05, 0.1) is 24.9 Å². The second-order valence-corrected chi connectivity index (χ2v) is 7.94. The molecule has 0 aromatic heterocycles. The average molecular weight is 407 g/mol. The van der Waals surface area contributed by atoms with Crippen molar-refractivity contribution < 1.29 is 25.5 Å². The van der Waals surface area contributed by atoms with E-state index in [1.54, 1.807) is 12.1 Å². The SMILES string of the molecule is CCc1ccc(Cc2cc([C@H]3[C@H](O)[C@@H](O)[C@H](O)[C@@H](CO)[C@@H]3O)ccc2Cl)cc1. The molecule has 0 amide bonds. The molecule has 0 spiro atoms. The van der Waals surface area contributed by atoms with Crippen molar-refractivity contribution in [1.82, 2.24) is 0 Å². The second-order valence-electron chi connectivity index (χ2n) is 7.53. The van der Waals surface area contributed by atoms with Gasteiger partial charge < -0.3 is 25.5 Å². The first-order chi connectivity index (χ1) is 13.4. The highest BCUT2D eigenvalue weighted by atomic mass is 35.5. The molecule has 0 aliphatic heterocycles. The Balaban J connectivity index is 1.90. The fourth-order valence-corrected chi connectivity index (χ4v) is 4.18. The van der Waals surface area contributed by atoms with Crippen LogP contribution in [0.3, 0.4) is 0 Å². The first-order valence-corrected chi connectivity index (χ1v) is 9.94. The van der Waals surface area contributed by atoms with Gasteiger partial charge in [-0.2, -0.15) is 0 Å². The Morgan fingerprint density at radius 2 is 1.46 bits per heavy atom. The lowest BCUT2D eigenvalue weighted by atomic mass is 9.70. The van der Waals surface area contributed by atoms with Crippen molar-refractivity contribution in [3.63, 3.8) is 0 Å². The van der Waals surface area contributed by atoms with E-state index in [0.29, 0.717) is 17.0 Å². The smallest absolute Gasteiger partial charge is 0.107 e. The molecule has 0 radical (unpaired) electrons. The molecule has 3 rings (SSSR count). The molecule has 2 aromatic carbocycles. The second kappa shape index (κ2) is 8.91. The third kappa shape index (κ3) is 4.10. The van der Waals surface area contributed by atoms with Crippen LogP contribution < -0.4 is 0 Å². The highest BCUT2D eigenvalue weighted by Crippen LogP contribution is 2.38. The summed E-state index contributed by atoms with van der Waals surface area (Å²) in [5, 5.41) is 51.4. The van der Waals surface area contributed by atoms with E-state index in [0.717, 1.165) is 17.5 Å². The normalized spacial score (nSPS) is 30.4. The van der Waals surface area contributed by atoms with Crippen LogP contribution in [-0.4, -0.2) is 56.6 Å². The van der Waals surface area contributed by atoms with E-state index in [9.17, 15) is 25.5 Å². The molecule has 152 valence electrons. The van der Waals surface area contributed by atoms with Crippen LogP contribution in [0.2, 0.25) is 5.02 Å². The molecule has 5 nitrogen and oxygen atoms in total. The van der Waals surface area contributed by atoms with Crippen LogP contribution in [0.1, 0.15) is 35.1 Å². The summed E-state index contributed by atoms with van der Waals surface area (Å²) in [5.74, 6) is -1.78. The summed E-state index contributed by atoms with van der Waals surface area (Å²) >= 11 is 6.37. The quantitative estimate of drug-likeness (QED) is 0.519. The number of aryl methyl sites for hydroxylation is 1. The van der Waals surface area contributed by atoms with Crippen molar-refractivity contribution >= 4 is 11.6 Å². The van der Waals surface area contributed by atoms with Crippen LogP contribution in [0.25, 0.3) is 0 Å². The molecule has 1 fully saturated rings. The average Bonchev–Trinajstić information content (AvgIpc) is 2.70. The molecular formula is C22H27ClO5. The fraction of sp³-hybridized carbons (Fsp3) is 0.455. The fourth-order valence-electron chi connectivity index (χ4n) is 4.00. The van der Waals surface area contributed by atoms with Crippen LogP contribution >= 0.6 is 11.6 Å². The van der Waals surface area contributed by atoms with Gasteiger partial charge >= 0.3 is 0 Å². The zero-order valence-corrected chi connectivity index (χ0v) is 16.5. The number of hydrogen-bond donors (Lipinski definition) is 5. The minimum Gasteiger partial charge on any atom is -0.396 e. The van der Waals surface area contributed by atoms with E-state index >= 15 is 0 Å². The maximum absolute atomic E-state index is 10.6. The molecule has 6 atom stereocenters. The summed E-state index contributed by atoms with van der Waals surface area (Å²) in [6, 6.07) is 13.5. The predicted molar refractivity (Wildman–Crippen MR) is 107 cm³/mol. The predicted octanol–water partition coefficient (Wildman–Crippen LogP) is 1.64. The van der Waals surface area contributed by atoms with E-state index in [1.165, 1.54) is 5.56 Å². The third-order valence-corrected chi connectivity index (χ3v) is 6.17. The molecular weight excluding hydrogens is 380 g/mol. The van der Waals surface area contributed by atoms with Crippen LogP contribution in [-0.2, 0) is 12.8 Å². The molecule has 1 saturated carbocycles. The van der Waals surface area contributed by atoms with Crippen molar-refractivity contribution in [3.05, 3.63) is 69.7 Å². The van der Waals surface area contributed by atoms with Gasteiger partial charge in [-0.15, -0.1) is 0 Å². The van der Waals surface area contributed by atoms with Crippen molar-refractivity contribution in [2.24, 2.45) is 5.92 Å². The van der Waals surface area contributed by atoms with E-state index in [4.69, 9.17) is 11.6 Å². The zero-order chi connectivity index (χ0) is 20.4. The monoisotopic (exact) mass is 406 g/mol. The molecule has 2 aromatic rings. The summed E-state index contributed by atoms with van der Waals surface area (Å²) in [6.45, 7) is 1.61. The van der Waals surface area contributed by atoms with Gasteiger partial charge in [-0.1, -0.05) is 54.9 Å². The topological polar surface area (TPSA) is 101 Å². The Morgan fingerprint density at radius 3 is 2.07 bits per heavy atom. The van der Waals surface area contributed by atoms with Gasteiger partial charge in [0.25, 0.3) is 0 Å². The largest absolute Gasteiger partial charge is 0.396 e. The van der Waals surface area contributed by atoms with Crippen LogP contribution in [0.5, 0.6) is 0 Å². The van der Waals surface area contributed by atoms with Gasteiger partial charge in [-0.25, -0.2) is 0 Å². The highest BCUT2D eigenvalue weighted by molar-refractivity contribution is 6.31. The summed E-state index contributed by atoms with van der Waals surface area (Å²) in [6.07, 6.45) is -3.85. The molecule has 0 bridgehead atoms. The molecule has 0 saturated heterocycles. The molecule has 5 N–H and O–H groups in total. The number of aliphatic hydroxyl groups excluding tert-OH is 5. The highest BCUT2D eigenvalue weighted by Gasteiger charge is 2.48. The Morgan fingerprint density at radius 1 is 0.821 bits per heavy atom. The Bertz CT molecular complexity index is 794. The Kier molecular flexibility index (Phi) is 6.76. The molecule has 28 heavy (non-hydrogen) atoms. The standard InChI is InChI=1S/C22H27ClO5/c1-2-12-3-5-13(6-4-12)9-15-10-14(7-8-17(15)23)18-19(25)16(11-24)20(26)22(28)21(18)27/h3-8,10,16,18-22,24-28H,2,9,11H2,1H3/t16-,18+,19-,20+,21-,22-/m0/s1. The summed E-state index contributed by atoms with van der Waals surface area (Å²) < 4.78 is 0. The van der Waals surface area contributed by atoms with Crippen molar-refractivity contribution in [1.29, 1.82) is 0 Å². The van der Waals surface area contributed by atoms with Gasteiger partial charge in [0, 0.05) is 16.9 Å². The lowest BCUT2D eigenvalue weighted by molar-refractivity contribution is -0.169. The Hall–Kier alpha value is -1.47. The van der Waals surface area contributed by atoms with Gasteiger partial charge in [0.15, 0.2) is 0 Å². The molecule has 0 unspecified atom stereocenters. The van der Waals surface area contributed by atoms with Gasteiger partial charge in [-0.05, 0) is 41.2 Å². The minimum absolute atomic E-state index is 0.493. The maximum atomic E-state index is 10.6. The Labute approximate surface area is 169 Å². The van der Waals surface area contributed by atoms with E-state index in [-0.39, 0.29) is 0 Å². The molecule has 6 heteroatoms. The number of rotatable bonds is 5. The number of hydrogen-bond acceptors (Lipinski definition) is 5. The lowest BCUT2D eigenvalue weighted by Crippen LogP contribution is -2.58. The van der Waals surface area contributed by atoms with Gasteiger partial charge in [-0.3, -0.25) is 0 Å². The van der Waals surface area contributed by atoms with Crippen molar-refractivity contribution in [3.8, 4) is 0 Å². The summed E-state index contributed by atoms with van der Waals surface area (Å²) in [5.41, 5.74) is 3.78. The molecule has 0 heterocycles. The number of benzene rings is 2. The first kappa shape index (κ1) is 21.2. The maximum Gasteiger partial charge on any atom is 0.107 e. The summed E-state index contributed by atoms with van der Waals surface area (Å²) in [7, 11) is 0. The van der Waals surface area contributed by atoms with Crippen molar-refractivity contribution in [2.45, 2.75) is 50.1 Å². The van der Waals surface area contributed by atoms with Crippen LogP contribution in [0.4, 0.5) is 0 Å². The molecule has 1 aliphatic rings. The first-order valence-electron chi connectivity index (χ1n) is 9.56. The van der Waals surface area contributed by atoms with Gasteiger partial charge in [0.2, 0.25) is 0 Å². The minimum atomic E-state index is -1.45. The molecule has 1 aliphatic carbocycles. The van der Waals surface area contributed by atoms with Crippen LogP contribution in [0.15, 0.2) is 42.5 Å². The summed E-state index contributed by atoms with van der Waals surface area (Å²) in [4.78, 5) is 0. The zero-order valence-electron chi connectivity index (χ0n) is 15.7. The van der Waals surface area contributed by atoms with E-state index in [2.05, 4.69) is 19.1 Å². The number of halogens is 1. The number of aliphatic hydroxyl groups is 5. The van der Waals surface area contributed by atoms with Crippen LogP contribution in [0, 0.1) is 5.92 Å². The van der Waals surface area contributed by atoms with Crippen molar-refractivity contribution in [2.75, 3.05) is 6.61 Å².